The Bertz CT molecular complexity index is 427. The van der Waals surface area contributed by atoms with E-state index in [1.54, 1.807) is 0 Å². The highest BCUT2D eigenvalue weighted by Crippen LogP contribution is 2.37. The van der Waals surface area contributed by atoms with E-state index in [2.05, 4.69) is 4.98 Å². The first-order valence-electron chi connectivity index (χ1n) is 6.03. The Labute approximate surface area is 104 Å². The van der Waals surface area contributed by atoms with Crippen LogP contribution >= 0.6 is 0 Å². The van der Waals surface area contributed by atoms with Gasteiger partial charge >= 0.3 is 6.18 Å². The number of halogens is 3. The van der Waals surface area contributed by atoms with Crippen molar-refractivity contribution in [2.75, 3.05) is 17.2 Å². The molecule has 1 aliphatic carbocycles. The zero-order valence-electron chi connectivity index (χ0n) is 10.2. The van der Waals surface area contributed by atoms with Gasteiger partial charge in [-0.3, -0.25) is 0 Å². The van der Waals surface area contributed by atoms with E-state index in [0.29, 0.717) is 17.4 Å². The van der Waals surface area contributed by atoms with Crippen LogP contribution in [-0.4, -0.2) is 17.6 Å². The molecule has 1 aliphatic rings. The summed E-state index contributed by atoms with van der Waals surface area (Å²) in [5.41, 5.74) is 5.65. The first-order chi connectivity index (χ1) is 8.43. The van der Waals surface area contributed by atoms with Crippen LogP contribution < -0.4 is 10.6 Å². The standard InChI is InChI=1S/C12H16F3N3/c1-2-5-18(8-3-4-8)10-6-11(12(13,14)15)17-7-9(10)16/h6-8H,2-5,16H2,1H3. The van der Waals surface area contributed by atoms with Crippen molar-refractivity contribution in [2.24, 2.45) is 0 Å². The number of nitrogens with zero attached hydrogens (tertiary/aromatic N) is 2. The van der Waals surface area contributed by atoms with Gasteiger partial charge in [0.2, 0.25) is 0 Å². The van der Waals surface area contributed by atoms with Gasteiger partial charge in [0, 0.05) is 12.6 Å². The van der Waals surface area contributed by atoms with Crippen LogP contribution in [0.4, 0.5) is 24.5 Å². The van der Waals surface area contributed by atoms with E-state index in [1.807, 2.05) is 11.8 Å². The third-order valence-corrected chi connectivity index (χ3v) is 2.96. The fourth-order valence-electron chi connectivity index (χ4n) is 1.99. The SMILES string of the molecule is CCCN(c1cc(C(F)(F)F)ncc1N)C1CC1. The van der Waals surface area contributed by atoms with E-state index in [1.165, 1.54) is 0 Å². The Morgan fingerprint density at radius 1 is 1.44 bits per heavy atom. The predicted octanol–water partition coefficient (Wildman–Crippen LogP) is 3.06. The number of aromatic nitrogens is 1. The number of nitrogen functional groups attached to an aromatic ring is 1. The van der Waals surface area contributed by atoms with Crippen LogP contribution in [0, 0.1) is 0 Å². The molecule has 2 rings (SSSR count). The second kappa shape index (κ2) is 4.66. The van der Waals surface area contributed by atoms with Crippen molar-refractivity contribution < 1.29 is 13.2 Å². The smallest absolute Gasteiger partial charge is 0.396 e. The summed E-state index contributed by atoms with van der Waals surface area (Å²) in [6.07, 6.45) is -0.418. The van der Waals surface area contributed by atoms with E-state index in [4.69, 9.17) is 5.73 Å². The molecule has 1 aromatic rings. The summed E-state index contributed by atoms with van der Waals surface area (Å²) >= 11 is 0. The van der Waals surface area contributed by atoms with Crippen molar-refractivity contribution in [1.29, 1.82) is 0 Å². The minimum absolute atomic E-state index is 0.309. The molecule has 3 nitrogen and oxygen atoms in total. The lowest BCUT2D eigenvalue weighted by Crippen LogP contribution is -2.28. The van der Waals surface area contributed by atoms with Gasteiger partial charge in [-0.15, -0.1) is 0 Å². The second-order valence-corrected chi connectivity index (χ2v) is 4.55. The summed E-state index contributed by atoms with van der Waals surface area (Å²) in [6, 6.07) is 1.39. The van der Waals surface area contributed by atoms with Gasteiger partial charge in [-0.25, -0.2) is 4.98 Å². The first-order valence-corrected chi connectivity index (χ1v) is 6.03. The molecule has 1 fully saturated rings. The number of rotatable bonds is 4. The van der Waals surface area contributed by atoms with Crippen LogP contribution in [0.2, 0.25) is 0 Å². The number of pyridine rings is 1. The van der Waals surface area contributed by atoms with Crippen molar-refractivity contribution in [1.82, 2.24) is 4.98 Å². The largest absolute Gasteiger partial charge is 0.433 e. The van der Waals surface area contributed by atoms with Crippen LogP contribution in [0.25, 0.3) is 0 Å². The van der Waals surface area contributed by atoms with E-state index < -0.39 is 11.9 Å². The summed E-state index contributed by atoms with van der Waals surface area (Å²) in [7, 11) is 0. The van der Waals surface area contributed by atoms with Crippen molar-refractivity contribution in [3.05, 3.63) is 18.0 Å². The van der Waals surface area contributed by atoms with Gasteiger partial charge in [-0.1, -0.05) is 6.92 Å². The normalized spacial score (nSPS) is 15.8. The number of alkyl halides is 3. The van der Waals surface area contributed by atoms with Crippen LogP contribution in [0.15, 0.2) is 12.3 Å². The average Bonchev–Trinajstić information content (AvgIpc) is 3.09. The first kappa shape index (κ1) is 13.0. The molecule has 0 atom stereocenters. The molecule has 0 saturated heterocycles. The van der Waals surface area contributed by atoms with Gasteiger partial charge < -0.3 is 10.6 Å². The summed E-state index contributed by atoms with van der Waals surface area (Å²) < 4.78 is 37.9. The molecular weight excluding hydrogens is 243 g/mol. The molecule has 0 unspecified atom stereocenters. The van der Waals surface area contributed by atoms with Crippen molar-refractivity contribution >= 4 is 11.4 Å². The number of anilines is 2. The maximum absolute atomic E-state index is 12.6. The van der Waals surface area contributed by atoms with E-state index in [9.17, 15) is 13.2 Å². The Morgan fingerprint density at radius 2 is 2.11 bits per heavy atom. The Kier molecular flexibility index (Phi) is 3.36. The Balaban J connectivity index is 2.35. The van der Waals surface area contributed by atoms with E-state index in [0.717, 1.165) is 38.1 Å². The molecule has 18 heavy (non-hydrogen) atoms. The predicted molar refractivity (Wildman–Crippen MR) is 64.3 cm³/mol. The topological polar surface area (TPSA) is 42.2 Å². The quantitative estimate of drug-likeness (QED) is 0.903. The monoisotopic (exact) mass is 259 g/mol. The summed E-state index contributed by atoms with van der Waals surface area (Å²) in [6.45, 7) is 2.72. The fourth-order valence-corrected chi connectivity index (χ4v) is 1.99. The summed E-state index contributed by atoms with van der Waals surface area (Å²) in [5, 5.41) is 0. The molecular formula is C12H16F3N3. The van der Waals surface area contributed by atoms with Gasteiger partial charge in [-0.2, -0.15) is 13.2 Å². The third-order valence-electron chi connectivity index (χ3n) is 2.96. The Morgan fingerprint density at radius 3 is 2.61 bits per heavy atom. The molecule has 0 amide bonds. The van der Waals surface area contributed by atoms with Crippen molar-refractivity contribution in [3.8, 4) is 0 Å². The van der Waals surface area contributed by atoms with E-state index in [-0.39, 0.29) is 0 Å². The number of nitrogens with two attached hydrogens (primary N) is 1. The molecule has 0 aliphatic heterocycles. The summed E-state index contributed by atoms with van der Waals surface area (Å²) in [4.78, 5) is 5.32. The molecule has 1 saturated carbocycles. The Hall–Kier alpha value is -1.46. The minimum atomic E-state index is -4.43. The molecule has 2 N–H and O–H groups in total. The van der Waals surface area contributed by atoms with Crippen LogP contribution in [-0.2, 0) is 6.18 Å². The lowest BCUT2D eigenvalue weighted by atomic mass is 10.2. The van der Waals surface area contributed by atoms with Gasteiger partial charge in [0.1, 0.15) is 5.69 Å². The minimum Gasteiger partial charge on any atom is -0.396 e. The maximum Gasteiger partial charge on any atom is 0.433 e. The third kappa shape index (κ3) is 2.68. The zero-order chi connectivity index (χ0) is 13.3. The van der Waals surface area contributed by atoms with Crippen molar-refractivity contribution in [2.45, 2.75) is 38.4 Å². The lowest BCUT2D eigenvalue weighted by Gasteiger charge is -2.26. The maximum atomic E-state index is 12.6. The number of hydrogen-bond acceptors (Lipinski definition) is 3. The van der Waals surface area contributed by atoms with Gasteiger partial charge in [-0.05, 0) is 25.3 Å². The molecule has 1 aromatic heterocycles. The highest BCUT2D eigenvalue weighted by molar-refractivity contribution is 5.68. The van der Waals surface area contributed by atoms with Gasteiger partial charge in [0.05, 0.1) is 17.6 Å². The zero-order valence-corrected chi connectivity index (χ0v) is 10.2. The molecule has 0 radical (unpaired) electrons. The van der Waals surface area contributed by atoms with E-state index >= 15 is 0 Å². The van der Waals surface area contributed by atoms with Gasteiger partial charge in [0.15, 0.2) is 0 Å². The fraction of sp³-hybridized carbons (Fsp3) is 0.583. The van der Waals surface area contributed by atoms with Crippen LogP contribution in [0.5, 0.6) is 0 Å². The molecule has 0 aromatic carbocycles. The number of hydrogen-bond donors (Lipinski definition) is 1. The highest BCUT2D eigenvalue weighted by atomic mass is 19.4. The van der Waals surface area contributed by atoms with Crippen molar-refractivity contribution in [3.63, 3.8) is 0 Å². The second-order valence-electron chi connectivity index (χ2n) is 4.55. The highest BCUT2D eigenvalue weighted by Gasteiger charge is 2.35. The van der Waals surface area contributed by atoms with Crippen LogP contribution in [0.1, 0.15) is 31.9 Å². The molecule has 6 heteroatoms. The van der Waals surface area contributed by atoms with Gasteiger partial charge in [0.25, 0.3) is 0 Å². The molecule has 0 bridgehead atoms. The molecule has 100 valence electrons. The summed E-state index contributed by atoms with van der Waals surface area (Å²) in [5.74, 6) is 0. The van der Waals surface area contributed by atoms with Crippen LogP contribution in [0.3, 0.4) is 0 Å². The molecule has 1 heterocycles. The lowest BCUT2D eigenvalue weighted by molar-refractivity contribution is -0.141. The average molecular weight is 259 g/mol. The molecule has 0 spiro atoms.